The Morgan fingerprint density at radius 1 is 0.765 bits per heavy atom. The molecule has 5 rings (SSSR count). The molecule has 0 saturated carbocycles. The zero-order valence-electron chi connectivity index (χ0n) is 18.0. The number of benzene rings is 2. The molecule has 0 fully saturated rings. The molecule has 7 nitrogen and oxygen atoms in total. The molecule has 0 aliphatic rings. The number of ether oxygens (including phenoxy) is 2. The second kappa shape index (κ2) is 11.6. The van der Waals surface area contributed by atoms with Crippen molar-refractivity contribution in [3.05, 3.63) is 112 Å². The number of hydrogen-bond donors (Lipinski definition) is 1. The van der Waals surface area contributed by atoms with Crippen molar-refractivity contribution in [3.8, 4) is 11.5 Å². The van der Waals surface area contributed by atoms with E-state index >= 15 is 0 Å². The summed E-state index contributed by atoms with van der Waals surface area (Å²) in [4.78, 5) is 8.12. The van der Waals surface area contributed by atoms with Gasteiger partial charge in [0.25, 0.3) is 0 Å². The molecular formula is C25H21Br2N5O2. The van der Waals surface area contributed by atoms with Gasteiger partial charge in [-0.2, -0.15) is 5.10 Å². The summed E-state index contributed by atoms with van der Waals surface area (Å²) >= 11 is 6.75. The van der Waals surface area contributed by atoms with Crippen LogP contribution in [0.15, 0.2) is 100 Å². The van der Waals surface area contributed by atoms with Gasteiger partial charge >= 0.3 is 0 Å². The number of fused-ring (bicyclic) bond motifs is 1. The summed E-state index contributed by atoms with van der Waals surface area (Å²) in [6.45, 7) is 1.06. The van der Waals surface area contributed by atoms with Crippen molar-refractivity contribution in [2.24, 2.45) is 0 Å². The minimum absolute atomic E-state index is 0.465. The maximum atomic E-state index is 5.73. The lowest BCUT2D eigenvalue weighted by molar-refractivity contribution is 0.304. The Kier molecular flexibility index (Phi) is 8.11. The molecule has 9 heteroatoms. The molecule has 172 valence electrons. The number of hydrogen-bond acceptors (Lipinski definition) is 6. The SMILES string of the molecule is Brc1cc(OCc2ccccc2)cn2ncnc12.Nc1ncc(OCc2ccccc2)cc1Br. The van der Waals surface area contributed by atoms with Gasteiger partial charge in [-0.15, -0.1) is 0 Å². The molecular weight excluding hydrogens is 562 g/mol. The van der Waals surface area contributed by atoms with Gasteiger partial charge in [0.05, 0.1) is 21.3 Å². The lowest BCUT2D eigenvalue weighted by Crippen LogP contribution is -1.97. The van der Waals surface area contributed by atoms with Gasteiger partial charge in [0, 0.05) is 0 Å². The van der Waals surface area contributed by atoms with E-state index in [1.807, 2.05) is 79.0 Å². The second-order valence-corrected chi connectivity index (χ2v) is 8.85. The Morgan fingerprint density at radius 3 is 1.97 bits per heavy atom. The fraction of sp³-hybridized carbons (Fsp3) is 0.0800. The molecule has 0 aliphatic heterocycles. The number of pyridine rings is 2. The molecule has 3 heterocycles. The molecule has 5 aromatic rings. The smallest absolute Gasteiger partial charge is 0.169 e. The van der Waals surface area contributed by atoms with Crippen molar-refractivity contribution >= 4 is 43.3 Å². The Bertz CT molecular complexity index is 1350. The van der Waals surface area contributed by atoms with E-state index in [2.05, 4.69) is 46.9 Å². The van der Waals surface area contributed by atoms with Gasteiger partial charge in [0.1, 0.15) is 36.9 Å². The van der Waals surface area contributed by atoms with Gasteiger partial charge in [-0.05, 0) is 55.1 Å². The van der Waals surface area contributed by atoms with Gasteiger partial charge in [0.2, 0.25) is 0 Å². The van der Waals surface area contributed by atoms with E-state index in [0.29, 0.717) is 24.8 Å². The molecule has 0 saturated heterocycles. The summed E-state index contributed by atoms with van der Waals surface area (Å²) in [5, 5.41) is 4.09. The lowest BCUT2D eigenvalue weighted by Gasteiger charge is -2.07. The number of halogens is 2. The first-order valence-electron chi connectivity index (χ1n) is 10.3. The average molecular weight is 583 g/mol. The third-order valence-electron chi connectivity index (χ3n) is 4.65. The summed E-state index contributed by atoms with van der Waals surface area (Å²) in [6, 6.07) is 23.7. The van der Waals surface area contributed by atoms with Crippen molar-refractivity contribution in [2.75, 3.05) is 5.73 Å². The highest BCUT2D eigenvalue weighted by Gasteiger charge is 2.05. The van der Waals surface area contributed by atoms with Gasteiger partial charge in [0.15, 0.2) is 5.65 Å². The standard InChI is InChI=1S/C13H10BrN3O.C12H11BrN2O/c14-12-6-11(7-17-13(12)15-9-16-17)18-8-10-4-2-1-3-5-10;13-11-6-10(7-15-12(11)14)16-8-9-4-2-1-3-5-9/h1-7,9H,8H2;1-7H,8H2,(H2,14,15). The molecule has 0 radical (unpaired) electrons. The van der Waals surface area contributed by atoms with Crippen molar-refractivity contribution < 1.29 is 9.47 Å². The van der Waals surface area contributed by atoms with E-state index in [9.17, 15) is 0 Å². The van der Waals surface area contributed by atoms with Gasteiger partial charge in [-0.1, -0.05) is 60.7 Å². The van der Waals surface area contributed by atoms with Gasteiger partial charge < -0.3 is 15.2 Å². The average Bonchev–Trinajstić information content (AvgIpc) is 3.35. The topological polar surface area (TPSA) is 87.6 Å². The number of anilines is 1. The molecule has 0 spiro atoms. The molecule has 0 bridgehead atoms. The number of nitrogens with two attached hydrogens (primary N) is 1. The maximum Gasteiger partial charge on any atom is 0.169 e. The van der Waals surface area contributed by atoms with E-state index < -0.39 is 0 Å². The lowest BCUT2D eigenvalue weighted by atomic mass is 10.2. The van der Waals surface area contributed by atoms with Crippen LogP contribution in [0.5, 0.6) is 11.5 Å². The van der Waals surface area contributed by atoms with Crippen LogP contribution >= 0.6 is 31.9 Å². The van der Waals surface area contributed by atoms with Crippen LogP contribution in [0.1, 0.15) is 11.1 Å². The van der Waals surface area contributed by atoms with Crippen molar-refractivity contribution in [1.29, 1.82) is 0 Å². The highest BCUT2D eigenvalue weighted by molar-refractivity contribution is 9.11. The van der Waals surface area contributed by atoms with Crippen LogP contribution in [0.2, 0.25) is 0 Å². The summed E-state index contributed by atoms with van der Waals surface area (Å²) in [6.07, 6.45) is 4.94. The predicted octanol–water partition coefficient (Wildman–Crippen LogP) is 6.08. The largest absolute Gasteiger partial charge is 0.487 e. The third kappa shape index (κ3) is 6.55. The second-order valence-electron chi connectivity index (χ2n) is 7.14. The summed E-state index contributed by atoms with van der Waals surface area (Å²) < 4.78 is 14.6. The highest BCUT2D eigenvalue weighted by atomic mass is 79.9. The van der Waals surface area contributed by atoms with Crippen LogP contribution in [-0.2, 0) is 13.2 Å². The minimum Gasteiger partial charge on any atom is -0.487 e. The van der Waals surface area contributed by atoms with Crippen LogP contribution in [0, 0.1) is 0 Å². The van der Waals surface area contributed by atoms with Crippen LogP contribution < -0.4 is 15.2 Å². The number of nitrogens with zero attached hydrogens (tertiary/aromatic N) is 4. The Morgan fingerprint density at radius 2 is 1.35 bits per heavy atom. The fourth-order valence-electron chi connectivity index (χ4n) is 2.93. The third-order valence-corrected chi connectivity index (χ3v) is 5.87. The summed E-state index contributed by atoms with van der Waals surface area (Å²) in [7, 11) is 0. The zero-order valence-corrected chi connectivity index (χ0v) is 21.2. The van der Waals surface area contributed by atoms with Gasteiger partial charge in [-0.25, -0.2) is 14.5 Å². The van der Waals surface area contributed by atoms with Crippen molar-refractivity contribution in [1.82, 2.24) is 19.6 Å². The highest BCUT2D eigenvalue weighted by Crippen LogP contribution is 2.23. The van der Waals surface area contributed by atoms with Crippen LogP contribution in [-0.4, -0.2) is 19.6 Å². The molecule has 3 aromatic heterocycles. The van der Waals surface area contributed by atoms with Crippen molar-refractivity contribution in [3.63, 3.8) is 0 Å². The Labute approximate surface area is 213 Å². The molecule has 0 unspecified atom stereocenters. The van der Waals surface area contributed by atoms with Gasteiger partial charge in [-0.3, -0.25) is 0 Å². The van der Waals surface area contributed by atoms with E-state index in [4.69, 9.17) is 15.2 Å². The molecule has 0 aliphatic carbocycles. The first-order chi connectivity index (χ1) is 16.6. The normalized spacial score (nSPS) is 10.4. The molecule has 2 N–H and O–H groups in total. The number of nitrogen functional groups attached to an aromatic ring is 1. The molecule has 0 atom stereocenters. The Balaban J connectivity index is 0.000000162. The first-order valence-corrected chi connectivity index (χ1v) is 11.9. The number of rotatable bonds is 6. The van der Waals surface area contributed by atoms with E-state index in [1.54, 1.807) is 10.7 Å². The van der Waals surface area contributed by atoms with E-state index in [0.717, 1.165) is 31.5 Å². The Hall–Kier alpha value is -3.43. The monoisotopic (exact) mass is 581 g/mol. The quantitative estimate of drug-likeness (QED) is 0.261. The van der Waals surface area contributed by atoms with Crippen LogP contribution in [0.3, 0.4) is 0 Å². The minimum atomic E-state index is 0.465. The fourth-order valence-corrected chi connectivity index (χ4v) is 3.77. The van der Waals surface area contributed by atoms with Crippen molar-refractivity contribution in [2.45, 2.75) is 13.2 Å². The molecule has 34 heavy (non-hydrogen) atoms. The van der Waals surface area contributed by atoms with E-state index in [-0.39, 0.29) is 0 Å². The van der Waals surface area contributed by atoms with E-state index in [1.165, 1.54) is 6.33 Å². The summed E-state index contributed by atoms with van der Waals surface area (Å²) in [5.41, 5.74) is 8.61. The maximum absolute atomic E-state index is 5.73. The zero-order chi connectivity index (χ0) is 23.8. The van der Waals surface area contributed by atoms with Crippen LogP contribution in [0.4, 0.5) is 5.82 Å². The van der Waals surface area contributed by atoms with Crippen LogP contribution in [0.25, 0.3) is 5.65 Å². The molecule has 2 aromatic carbocycles. The number of aromatic nitrogens is 4. The first kappa shape index (κ1) is 23.7. The molecule has 0 amide bonds. The predicted molar refractivity (Wildman–Crippen MR) is 139 cm³/mol. The summed E-state index contributed by atoms with van der Waals surface area (Å²) in [5.74, 6) is 1.92.